The van der Waals surface area contributed by atoms with Crippen LogP contribution in [0.1, 0.15) is 29.5 Å². The number of carbonyl (C=O) groups excluding carboxylic acids is 1. The number of nitriles is 1. The van der Waals surface area contributed by atoms with Crippen LogP contribution in [0.3, 0.4) is 0 Å². The molecule has 0 radical (unpaired) electrons. The monoisotopic (exact) mass is 307 g/mol. The molecule has 1 saturated carbocycles. The molecule has 23 heavy (non-hydrogen) atoms. The van der Waals surface area contributed by atoms with Gasteiger partial charge in [-0.1, -0.05) is 24.3 Å². The van der Waals surface area contributed by atoms with Crippen molar-refractivity contribution in [3.8, 4) is 11.8 Å². The van der Waals surface area contributed by atoms with E-state index in [0.29, 0.717) is 11.3 Å². The van der Waals surface area contributed by atoms with E-state index in [1.54, 1.807) is 31.6 Å². The molecule has 1 aromatic carbocycles. The van der Waals surface area contributed by atoms with Crippen LogP contribution in [0.15, 0.2) is 48.8 Å². The van der Waals surface area contributed by atoms with Crippen molar-refractivity contribution in [2.45, 2.75) is 18.4 Å². The lowest BCUT2D eigenvalue weighted by molar-refractivity contribution is -0.122. The van der Waals surface area contributed by atoms with Gasteiger partial charge in [0.05, 0.1) is 13.2 Å². The van der Waals surface area contributed by atoms with E-state index in [0.717, 1.165) is 12.0 Å². The fraction of sp³-hybridized carbons (Fsp3) is 0.278. The van der Waals surface area contributed by atoms with Gasteiger partial charge in [0.15, 0.2) is 0 Å². The lowest BCUT2D eigenvalue weighted by atomic mass is 10.1. The van der Waals surface area contributed by atoms with Gasteiger partial charge in [-0.3, -0.25) is 9.78 Å². The lowest BCUT2D eigenvalue weighted by Crippen LogP contribution is -2.29. The number of hydrogen-bond acceptors (Lipinski definition) is 4. The molecule has 1 aliphatic rings. The van der Waals surface area contributed by atoms with Gasteiger partial charge in [-0.25, -0.2) is 0 Å². The number of benzene rings is 1. The Hall–Kier alpha value is -2.87. The Morgan fingerprint density at radius 1 is 1.39 bits per heavy atom. The van der Waals surface area contributed by atoms with Crippen molar-refractivity contribution in [3.63, 3.8) is 0 Å². The Morgan fingerprint density at radius 2 is 2.22 bits per heavy atom. The van der Waals surface area contributed by atoms with Crippen molar-refractivity contribution in [3.05, 3.63) is 59.9 Å². The van der Waals surface area contributed by atoms with E-state index in [4.69, 9.17) is 4.74 Å². The van der Waals surface area contributed by atoms with Crippen molar-refractivity contribution in [1.82, 2.24) is 10.3 Å². The molecule has 1 amide bonds. The van der Waals surface area contributed by atoms with Gasteiger partial charge in [0, 0.05) is 23.9 Å². The number of aromatic nitrogens is 1. The Morgan fingerprint density at radius 3 is 2.91 bits per heavy atom. The molecule has 1 aromatic heterocycles. The molecule has 116 valence electrons. The van der Waals surface area contributed by atoms with Crippen LogP contribution >= 0.6 is 0 Å². The molecular weight excluding hydrogens is 290 g/mol. The molecule has 5 nitrogen and oxygen atoms in total. The molecule has 0 saturated heterocycles. The van der Waals surface area contributed by atoms with E-state index < -0.39 is 6.04 Å². The third-order valence-electron chi connectivity index (χ3n) is 4.11. The molecule has 1 fully saturated rings. The second-order valence-electron chi connectivity index (χ2n) is 5.55. The maximum Gasteiger partial charge on any atom is 0.225 e. The first kappa shape index (κ1) is 15.0. The lowest BCUT2D eigenvalue weighted by Gasteiger charge is -2.15. The van der Waals surface area contributed by atoms with Gasteiger partial charge in [0.1, 0.15) is 11.8 Å². The molecule has 0 aliphatic heterocycles. The summed E-state index contributed by atoms with van der Waals surface area (Å²) in [4.78, 5) is 16.5. The van der Waals surface area contributed by atoms with Gasteiger partial charge in [-0.15, -0.1) is 0 Å². The van der Waals surface area contributed by atoms with Gasteiger partial charge in [0.2, 0.25) is 5.91 Å². The zero-order valence-electron chi connectivity index (χ0n) is 12.8. The minimum absolute atomic E-state index is 0.0928. The molecular formula is C18H17N3O2. The molecule has 3 atom stereocenters. The smallest absolute Gasteiger partial charge is 0.225 e. The highest BCUT2D eigenvalue weighted by atomic mass is 16.5. The van der Waals surface area contributed by atoms with Gasteiger partial charge in [-0.05, 0) is 30.0 Å². The summed E-state index contributed by atoms with van der Waals surface area (Å²) in [7, 11) is 1.55. The van der Waals surface area contributed by atoms with Crippen LogP contribution in [0.2, 0.25) is 0 Å². The van der Waals surface area contributed by atoms with Crippen LogP contribution < -0.4 is 10.1 Å². The summed E-state index contributed by atoms with van der Waals surface area (Å²) < 4.78 is 5.27. The first-order valence-corrected chi connectivity index (χ1v) is 7.47. The summed E-state index contributed by atoms with van der Waals surface area (Å²) in [6, 6.07) is 12.5. The van der Waals surface area contributed by atoms with Crippen molar-refractivity contribution in [2.24, 2.45) is 5.92 Å². The predicted molar refractivity (Wildman–Crippen MR) is 84.6 cm³/mol. The number of rotatable bonds is 5. The molecule has 1 aliphatic carbocycles. The van der Waals surface area contributed by atoms with Crippen LogP contribution in [-0.2, 0) is 4.79 Å². The zero-order valence-corrected chi connectivity index (χ0v) is 12.8. The third-order valence-corrected chi connectivity index (χ3v) is 4.11. The van der Waals surface area contributed by atoms with Gasteiger partial charge in [-0.2, -0.15) is 5.26 Å². The van der Waals surface area contributed by atoms with Gasteiger partial charge < -0.3 is 10.1 Å². The standard InChI is InChI=1S/C18H17N3O2/c1-23-17-7-3-2-6-13(17)16(10-19)21-18(22)15-9-14(15)12-5-4-8-20-11-12/h2-8,11,14-16H,9H2,1H3,(H,21,22)/t14-,15-,16+/m1/s1. The van der Waals surface area contributed by atoms with E-state index in [2.05, 4.69) is 16.4 Å². The van der Waals surface area contributed by atoms with E-state index in [9.17, 15) is 10.1 Å². The van der Waals surface area contributed by atoms with Crippen LogP contribution in [0, 0.1) is 17.2 Å². The average Bonchev–Trinajstić information content (AvgIpc) is 3.41. The SMILES string of the molecule is COc1ccccc1[C@H](C#N)NC(=O)[C@@H]1C[C@@H]1c1cccnc1. The predicted octanol–water partition coefficient (Wildman–Crippen LogP) is 2.57. The van der Waals surface area contributed by atoms with Crippen LogP contribution in [-0.4, -0.2) is 18.0 Å². The summed E-state index contributed by atoms with van der Waals surface area (Å²) in [5, 5.41) is 12.2. The number of nitrogens with one attached hydrogen (secondary N) is 1. The summed E-state index contributed by atoms with van der Waals surface area (Å²) in [5.74, 6) is 0.598. The highest BCUT2D eigenvalue weighted by Gasteiger charge is 2.44. The maximum atomic E-state index is 12.4. The number of pyridine rings is 1. The minimum atomic E-state index is -0.714. The topological polar surface area (TPSA) is 75.0 Å². The van der Waals surface area contributed by atoms with Gasteiger partial charge >= 0.3 is 0 Å². The van der Waals surface area contributed by atoms with Crippen LogP contribution in [0.5, 0.6) is 5.75 Å². The normalized spacial score (nSPS) is 20.2. The number of amides is 1. The molecule has 1 N–H and O–H groups in total. The number of hydrogen-bond donors (Lipinski definition) is 1. The molecule has 3 rings (SSSR count). The fourth-order valence-electron chi connectivity index (χ4n) is 2.78. The van der Waals surface area contributed by atoms with E-state index in [1.807, 2.05) is 24.3 Å². The Kier molecular flexibility index (Phi) is 4.24. The number of ether oxygens (including phenoxy) is 1. The van der Waals surface area contributed by atoms with Crippen molar-refractivity contribution in [1.29, 1.82) is 5.26 Å². The molecule has 5 heteroatoms. The second kappa shape index (κ2) is 6.49. The fourth-order valence-corrected chi connectivity index (χ4v) is 2.78. The Bertz CT molecular complexity index is 739. The summed E-state index contributed by atoms with van der Waals surface area (Å²) >= 11 is 0. The van der Waals surface area contributed by atoms with E-state index in [1.165, 1.54) is 0 Å². The van der Waals surface area contributed by atoms with Gasteiger partial charge in [0.25, 0.3) is 0 Å². The number of para-hydroxylation sites is 1. The Labute approximate surface area is 134 Å². The van der Waals surface area contributed by atoms with E-state index >= 15 is 0 Å². The zero-order chi connectivity index (χ0) is 16.2. The third kappa shape index (κ3) is 3.16. The largest absolute Gasteiger partial charge is 0.496 e. The van der Waals surface area contributed by atoms with Crippen molar-refractivity contribution in [2.75, 3.05) is 7.11 Å². The minimum Gasteiger partial charge on any atom is -0.496 e. The summed E-state index contributed by atoms with van der Waals surface area (Å²) in [6.45, 7) is 0. The first-order chi connectivity index (χ1) is 11.2. The van der Waals surface area contributed by atoms with E-state index in [-0.39, 0.29) is 17.7 Å². The highest BCUT2D eigenvalue weighted by Crippen LogP contribution is 2.47. The molecule has 0 unspecified atom stereocenters. The van der Waals surface area contributed by atoms with Crippen LogP contribution in [0.4, 0.5) is 0 Å². The first-order valence-electron chi connectivity index (χ1n) is 7.47. The quantitative estimate of drug-likeness (QED) is 0.921. The molecule has 0 spiro atoms. The number of nitrogens with zero attached hydrogens (tertiary/aromatic N) is 2. The second-order valence-corrected chi connectivity index (χ2v) is 5.55. The van der Waals surface area contributed by atoms with Crippen LogP contribution in [0.25, 0.3) is 0 Å². The highest BCUT2D eigenvalue weighted by molar-refractivity contribution is 5.83. The summed E-state index contributed by atoms with van der Waals surface area (Å²) in [6.07, 6.45) is 4.30. The van der Waals surface area contributed by atoms with Crippen molar-refractivity contribution >= 4 is 5.91 Å². The van der Waals surface area contributed by atoms with Crippen molar-refractivity contribution < 1.29 is 9.53 Å². The summed E-state index contributed by atoms with van der Waals surface area (Å²) in [5.41, 5.74) is 1.74. The Balaban J connectivity index is 1.69. The molecule has 0 bridgehead atoms. The number of methoxy groups -OCH3 is 1. The maximum absolute atomic E-state index is 12.4. The average molecular weight is 307 g/mol. The molecule has 2 aromatic rings. The molecule has 1 heterocycles. The number of carbonyl (C=O) groups is 1.